The highest BCUT2D eigenvalue weighted by molar-refractivity contribution is 7.99. The van der Waals surface area contributed by atoms with Gasteiger partial charge in [0.1, 0.15) is 16.5 Å². The van der Waals surface area contributed by atoms with E-state index in [9.17, 15) is 14.4 Å². The average Bonchev–Trinajstić information content (AvgIpc) is 3.25. The highest BCUT2D eigenvalue weighted by Crippen LogP contribution is 2.27. The molecule has 33 heavy (non-hydrogen) atoms. The molecule has 0 fully saturated rings. The molecule has 0 aliphatic rings. The van der Waals surface area contributed by atoms with Gasteiger partial charge in [0.2, 0.25) is 5.91 Å². The number of hydrogen-bond acceptors (Lipinski definition) is 9. The third-order valence-corrected chi connectivity index (χ3v) is 6.80. The van der Waals surface area contributed by atoms with Gasteiger partial charge in [-0.2, -0.15) is 0 Å². The summed E-state index contributed by atoms with van der Waals surface area (Å²) in [5.41, 5.74) is 11.0. The minimum absolute atomic E-state index is 0.00455. The molecule has 0 atom stereocenters. The number of H-pyrrole nitrogens is 1. The van der Waals surface area contributed by atoms with Crippen molar-refractivity contribution in [3.8, 4) is 0 Å². The van der Waals surface area contributed by atoms with E-state index in [-0.39, 0.29) is 23.2 Å². The number of carbonyl (C=O) groups is 1. The molecule has 3 heterocycles. The summed E-state index contributed by atoms with van der Waals surface area (Å²) in [6.07, 6.45) is 4.11. The Morgan fingerprint density at radius 3 is 2.67 bits per heavy atom. The standard InChI is InChI=1S/C21H29N7O3S2/c1-3-5-7-10-27(15-17(23)28(9-6-4-2)21(31)25-18(15)30)14(29)12-33-20-24-16(22)13-8-11-32-19(13)26-20/h8,11H,3-7,9-10,12,23H2,1-2H3,(H2,22,24,26)(H,25,30,31). The van der Waals surface area contributed by atoms with E-state index in [2.05, 4.69) is 21.9 Å². The van der Waals surface area contributed by atoms with E-state index >= 15 is 0 Å². The Labute approximate surface area is 199 Å². The number of thiophene rings is 1. The lowest BCUT2D eigenvalue weighted by molar-refractivity contribution is -0.116. The fourth-order valence-corrected chi connectivity index (χ4v) is 4.94. The average molecular weight is 492 g/mol. The first kappa shape index (κ1) is 24.8. The molecule has 0 aliphatic carbocycles. The number of nitrogens with two attached hydrogens (primary N) is 2. The monoisotopic (exact) mass is 491 g/mol. The van der Waals surface area contributed by atoms with Gasteiger partial charge in [0, 0.05) is 13.1 Å². The zero-order valence-corrected chi connectivity index (χ0v) is 20.4. The number of aromatic nitrogens is 4. The second-order valence-electron chi connectivity index (χ2n) is 7.57. The Kier molecular flexibility index (Phi) is 8.50. The summed E-state index contributed by atoms with van der Waals surface area (Å²) >= 11 is 2.59. The lowest BCUT2D eigenvalue weighted by Gasteiger charge is -2.24. The van der Waals surface area contributed by atoms with Gasteiger partial charge < -0.3 is 16.4 Å². The third-order valence-electron chi connectivity index (χ3n) is 5.16. The van der Waals surface area contributed by atoms with Crippen LogP contribution < -0.4 is 27.6 Å². The molecule has 0 bridgehead atoms. The second kappa shape index (κ2) is 11.3. The maximum atomic E-state index is 13.2. The van der Waals surface area contributed by atoms with Crippen LogP contribution in [0.15, 0.2) is 26.2 Å². The number of fused-ring (bicyclic) bond motifs is 1. The Morgan fingerprint density at radius 2 is 1.94 bits per heavy atom. The smallest absolute Gasteiger partial charge is 0.330 e. The summed E-state index contributed by atoms with van der Waals surface area (Å²) in [6.45, 7) is 4.73. The van der Waals surface area contributed by atoms with Gasteiger partial charge in [-0.05, 0) is 24.3 Å². The Balaban J connectivity index is 1.89. The molecule has 3 rings (SSSR count). The van der Waals surface area contributed by atoms with Crippen LogP contribution in [0, 0.1) is 0 Å². The van der Waals surface area contributed by atoms with Gasteiger partial charge in [-0.3, -0.25) is 19.1 Å². The summed E-state index contributed by atoms with van der Waals surface area (Å²) in [5.74, 6) is 0.0461. The van der Waals surface area contributed by atoms with Crippen molar-refractivity contribution >= 4 is 56.5 Å². The van der Waals surface area contributed by atoms with Gasteiger partial charge in [-0.25, -0.2) is 14.8 Å². The number of rotatable bonds is 11. The number of unbranched alkanes of at least 4 members (excludes halogenated alkanes) is 3. The Morgan fingerprint density at radius 1 is 1.18 bits per heavy atom. The number of amides is 1. The van der Waals surface area contributed by atoms with Crippen molar-refractivity contribution in [3.63, 3.8) is 0 Å². The molecular formula is C21H29N7O3S2. The van der Waals surface area contributed by atoms with Crippen LogP contribution in [-0.4, -0.2) is 37.7 Å². The molecule has 0 saturated heterocycles. The number of nitrogens with one attached hydrogen (secondary N) is 1. The molecular weight excluding hydrogens is 462 g/mol. The molecule has 3 aromatic rings. The molecule has 5 N–H and O–H groups in total. The summed E-state index contributed by atoms with van der Waals surface area (Å²) < 4.78 is 1.32. The molecule has 0 radical (unpaired) electrons. The number of anilines is 3. The molecule has 1 amide bonds. The van der Waals surface area contributed by atoms with Crippen molar-refractivity contribution in [1.29, 1.82) is 0 Å². The fraction of sp³-hybridized carbons (Fsp3) is 0.476. The molecule has 0 aliphatic heterocycles. The van der Waals surface area contributed by atoms with Crippen LogP contribution in [0.25, 0.3) is 10.2 Å². The van der Waals surface area contributed by atoms with Crippen LogP contribution in [0.2, 0.25) is 0 Å². The first-order valence-electron chi connectivity index (χ1n) is 10.9. The molecule has 3 aromatic heterocycles. The lowest BCUT2D eigenvalue weighted by atomic mass is 10.2. The van der Waals surface area contributed by atoms with Gasteiger partial charge in [0.05, 0.1) is 11.1 Å². The highest BCUT2D eigenvalue weighted by atomic mass is 32.2. The third kappa shape index (κ3) is 5.74. The van der Waals surface area contributed by atoms with Crippen molar-refractivity contribution in [3.05, 3.63) is 32.3 Å². The van der Waals surface area contributed by atoms with Gasteiger partial charge >= 0.3 is 5.69 Å². The number of hydrogen-bond donors (Lipinski definition) is 3. The minimum Gasteiger partial charge on any atom is -0.383 e. The van der Waals surface area contributed by atoms with E-state index < -0.39 is 11.2 Å². The SMILES string of the molecule is CCCCCN(C(=O)CSc1nc(N)c2ccsc2n1)c1c(N)n(CCCC)c(=O)[nH]c1=O. The summed E-state index contributed by atoms with van der Waals surface area (Å²) in [5, 5.41) is 3.05. The van der Waals surface area contributed by atoms with Crippen LogP contribution in [0.3, 0.4) is 0 Å². The lowest BCUT2D eigenvalue weighted by Crippen LogP contribution is -2.42. The first-order valence-corrected chi connectivity index (χ1v) is 12.8. The van der Waals surface area contributed by atoms with Crippen molar-refractivity contribution in [2.45, 2.75) is 57.7 Å². The van der Waals surface area contributed by atoms with Crippen LogP contribution in [-0.2, 0) is 11.3 Å². The molecule has 12 heteroatoms. The zero-order valence-electron chi connectivity index (χ0n) is 18.8. The number of nitrogen functional groups attached to an aromatic ring is 2. The number of carbonyl (C=O) groups excluding carboxylic acids is 1. The first-order chi connectivity index (χ1) is 15.9. The molecule has 0 spiro atoms. The Hall–Kier alpha value is -2.86. The van der Waals surface area contributed by atoms with Crippen LogP contribution >= 0.6 is 23.1 Å². The van der Waals surface area contributed by atoms with Gasteiger partial charge in [-0.1, -0.05) is 44.9 Å². The van der Waals surface area contributed by atoms with Gasteiger partial charge in [0.15, 0.2) is 10.8 Å². The van der Waals surface area contributed by atoms with Gasteiger partial charge in [-0.15, -0.1) is 11.3 Å². The molecule has 10 nitrogen and oxygen atoms in total. The normalized spacial score (nSPS) is 11.2. The largest absolute Gasteiger partial charge is 0.383 e. The molecule has 0 saturated carbocycles. The molecule has 0 unspecified atom stereocenters. The van der Waals surface area contributed by atoms with E-state index in [0.29, 0.717) is 30.5 Å². The van der Waals surface area contributed by atoms with E-state index in [0.717, 1.165) is 47.7 Å². The highest BCUT2D eigenvalue weighted by Gasteiger charge is 2.24. The maximum Gasteiger partial charge on any atom is 0.330 e. The maximum absolute atomic E-state index is 13.2. The van der Waals surface area contributed by atoms with Crippen LogP contribution in [0.1, 0.15) is 46.0 Å². The van der Waals surface area contributed by atoms with Crippen molar-refractivity contribution in [2.75, 3.05) is 28.7 Å². The topological polar surface area (TPSA) is 153 Å². The van der Waals surface area contributed by atoms with Crippen LogP contribution in [0.5, 0.6) is 0 Å². The fourth-order valence-electron chi connectivity index (χ4n) is 3.38. The van der Waals surface area contributed by atoms with Crippen molar-refractivity contribution < 1.29 is 4.79 Å². The minimum atomic E-state index is -0.666. The van der Waals surface area contributed by atoms with E-state index in [4.69, 9.17) is 11.5 Å². The van der Waals surface area contributed by atoms with E-state index in [1.54, 1.807) is 0 Å². The van der Waals surface area contributed by atoms with E-state index in [1.165, 1.54) is 20.8 Å². The second-order valence-corrected chi connectivity index (χ2v) is 9.41. The summed E-state index contributed by atoms with van der Waals surface area (Å²) in [6, 6.07) is 1.85. The van der Waals surface area contributed by atoms with Crippen molar-refractivity contribution in [1.82, 2.24) is 19.5 Å². The van der Waals surface area contributed by atoms with Crippen LogP contribution in [0.4, 0.5) is 17.3 Å². The quantitative estimate of drug-likeness (QED) is 0.210. The number of thioether (sulfide) groups is 1. The Bertz CT molecular complexity index is 1230. The summed E-state index contributed by atoms with van der Waals surface area (Å²) in [7, 11) is 0. The number of nitrogens with zero attached hydrogens (tertiary/aromatic N) is 4. The summed E-state index contributed by atoms with van der Waals surface area (Å²) in [4.78, 5) is 51.4. The predicted octanol–water partition coefficient (Wildman–Crippen LogP) is 2.82. The van der Waals surface area contributed by atoms with E-state index in [1.807, 2.05) is 18.4 Å². The zero-order chi connectivity index (χ0) is 24.0. The van der Waals surface area contributed by atoms with Gasteiger partial charge in [0.25, 0.3) is 5.56 Å². The predicted molar refractivity (Wildman–Crippen MR) is 135 cm³/mol. The number of aromatic amines is 1. The molecule has 0 aromatic carbocycles. The molecule has 178 valence electrons. The van der Waals surface area contributed by atoms with Crippen molar-refractivity contribution in [2.24, 2.45) is 0 Å².